The fourth-order valence-electron chi connectivity index (χ4n) is 8.43. The molecule has 0 aliphatic carbocycles. The van der Waals surface area contributed by atoms with Gasteiger partial charge in [-0.1, -0.05) is 263 Å². The maximum atomic E-state index is 13.2. The first kappa shape index (κ1) is 60.1. The van der Waals surface area contributed by atoms with Crippen molar-refractivity contribution < 1.29 is 24.5 Å². The standard InChI is InChI=1S/C56H105NO5/c1-4-7-10-13-16-19-22-25-26-27-28-31-34-37-40-43-46-49-56(61)62-52(47-44-41-38-35-32-29-23-20-17-14-11-8-5-2)50-55(60)57-53(51-58)54(59)48-45-42-39-36-33-30-24-21-18-15-12-9-6-3/h8,11,14,17,20,23,52-54,58-59H,4-7,9-10,12-13,15-16,18-19,21-22,24-51H2,1-3H3,(H,57,60)/b11-8+,17-14+,23-20+. The molecule has 6 nitrogen and oxygen atoms in total. The normalized spacial score (nSPS) is 13.4. The van der Waals surface area contributed by atoms with Crippen LogP contribution in [0.1, 0.15) is 284 Å². The zero-order valence-electron chi connectivity index (χ0n) is 41.5. The quantitative estimate of drug-likeness (QED) is 0.0321. The molecule has 1 amide bonds. The van der Waals surface area contributed by atoms with Crippen LogP contribution < -0.4 is 5.32 Å². The van der Waals surface area contributed by atoms with Gasteiger partial charge in [-0.3, -0.25) is 9.59 Å². The zero-order valence-corrected chi connectivity index (χ0v) is 41.5. The van der Waals surface area contributed by atoms with Crippen LogP contribution in [0.5, 0.6) is 0 Å². The Morgan fingerprint density at radius 3 is 1.31 bits per heavy atom. The van der Waals surface area contributed by atoms with E-state index in [1.807, 2.05) is 0 Å². The maximum absolute atomic E-state index is 13.2. The third-order valence-electron chi connectivity index (χ3n) is 12.5. The number of aliphatic hydroxyl groups is 2. The Bertz CT molecular complexity index is 1020. The number of esters is 1. The molecule has 0 fully saturated rings. The number of rotatable bonds is 49. The zero-order chi connectivity index (χ0) is 45.2. The molecule has 0 bridgehead atoms. The molecule has 0 rings (SSSR count). The molecule has 0 aromatic rings. The molecule has 0 aliphatic heterocycles. The molecule has 3 N–H and O–H groups in total. The summed E-state index contributed by atoms with van der Waals surface area (Å²) in [4.78, 5) is 26.2. The molecule has 364 valence electrons. The van der Waals surface area contributed by atoms with Gasteiger partial charge >= 0.3 is 5.97 Å². The van der Waals surface area contributed by atoms with Gasteiger partial charge in [-0.15, -0.1) is 0 Å². The Balaban J connectivity index is 4.53. The van der Waals surface area contributed by atoms with Crippen molar-refractivity contribution in [3.8, 4) is 0 Å². The Labute approximate surface area is 385 Å². The molecule has 0 aliphatic rings. The largest absolute Gasteiger partial charge is 0.462 e. The molecule has 0 radical (unpaired) electrons. The second-order valence-electron chi connectivity index (χ2n) is 18.7. The fraction of sp³-hybridized carbons (Fsp3) is 0.857. The molecule has 0 aromatic heterocycles. The van der Waals surface area contributed by atoms with Crippen molar-refractivity contribution in [3.63, 3.8) is 0 Å². The second-order valence-corrected chi connectivity index (χ2v) is 18.7. The van der Waals surface area contributed by atoms with Gasteiger partial charge in [-0.05, 0) is 44.9 Å². The van der Waals surface area contributed by atoms with Crippen molar-refractivity contribution in [3.05, 3.63) is 36.5 Å². The van der Waals surface area contributed by atoms with E-state index in [4.69, 9.17) is 4.74 Å². The highest BCUT2D eigenvalue weighted by Crippen LogP contribution is 2.18. The Kier molecular flexibility index (Phi) is 48.5. The predicted molar refractivity (Wildman–Crippen MR) is 269 cm³/mol. The average molecular weight is 872 g/mol. The van der Waals surface area contributed by atoms with Gasteiger partial charge in [0.1, 0.15) is 6.10 Å². The van der Waals surface area contributed by atoms with E-state index in [9.17, 15) is 19.8 Å². The minimum Gasteiger partial charge on any atom is -0.462 e. The van der Waals surface area contributed by atoms with Crippen molar-refractivity contribution in [1.82, 2.24) is 5.32 Å². The molecule has 0 saturated carbocycles. The van der Waals surface area contributed by atoms with Crippen LogP contribution >= 0.6 is 0 Å². The van der Waals surface area contributed by atoms with Gasteiger partial charge in [0.2, 0.25) is 5.91 Å². The van der Waals surface area contributed by atoms with Crippen LogP contribution in [0.3, 0.4) is 0 Å². The summed E-state index contributed by atoms with van der Waals surface area (Å²) in [7, 11) is 0. The van der Waals surface area contributed by atoms with Gasteiger partial charge in [0, 0.05) is 6.42 Å². The van der Waals surface area contributed by atoms with Gasteiger partial charge in [0.25, 0.3) is 0 Å². The van der Waals surface area contributed by atoms with E-state index in [2.05, 4.69) is 62.5 Å². The van der Waals surface area contributed by atoms with Crippen LogP contribution in [0.4, 0.5) is 0 Å². The first-order valence-electron chi connectivity index (χ1n) is 27.2. The molecule has 0 spiro atoms. The molecular formula is C56H105NO5. The number of allylic oxidation sites excluding steroid dienone is 6. The number of hydrogen-bond donors (Lipinski definition) is 3. The number of aliphatic hydroxyl groups excluding tert-OH is 2. The first-order valence-corrected chi connectivity index (χ1v) is 27.2. The average Bonchev–Trinajstić information content (AvgIpc) is 3.26. The predicted octanol–water partition coefficient (Wildman–Crippen LogP) is 16.5. The molecule has 0 aromatic carbocycles. The SMILES string of the molecule is CC/C=C/C=C/C=C/CCCCCCCC(CC(=O)NC(CO)C(O)CCCCCCCCCCCCCCC)OC(=O)CCCCCCCCCCCCCCCCCCC. The summed E-state index contributed by atoms with van der Waals surface area (Å²) >= 11 is 0. The van der Waals surface area contributed by atoms with Gasteiger partial charge < -0.3 is 20.3 Å². The summed E-state index contributed by atoms with van der Waals surface area (Å²) in [6.07, 6.45) is 59.2. The van der Waals surface area contributed by atoms with E-state index in [1.165, 1.54) is 154 Å². The molecule has 3 unspecified atom stereocenters. The van der Waals surface area contributed by atoms with Crippen molar-refractivity contribution in [2.45, 2.75) is 302 Å². The number of amides is 1. The monoisotopic (exact) mass is 872 g/mol. The lowest BCUT2D eigenvalue weighted by Crippen LogP contribution is -2.46. The fourth-order valence-corrected chi connectivity index (χ4v) is 8.43. The summed E-state index contributed by atoms with van der Waals surface area (Å²) < 4.78 is 5.94. The van der Waals surface area contributed by atoms with E-state index in [1.54, 1.807) is 0 Å². The van der Waals surface area contributed by atoms with Crippen molar-refractivity contribution >= 4 is 11.9 Å². The smallest absolute Gasteiger partial charge is 0.306 e. The van der Waals surface area contributed by atoms with Crippen LogP contribution in [0.15, 0.2) is 36.5 Å². The number of unbranched alkanes of at least 4 members (excludes halogenated alkanes) is 33. The van der Waals surface area contributed by atoms with Crippen LogP contribution in [0.2, 0.25) is 0 Å². The number of carbonyl (C=O) groups is 2. The van der Waals surface area contributed by atoms with Crippen molar-refractivity contribution in [2.24, 2.45) is 0 Å². The maximum Gasteiger partial charge on any atom is 0.306 e. The third kappa shape index (κ3) is 44.7. The first-order chi connectivity index (χ1) is 30.5. The van der Waals surface area contributed by atoms with E-state index in [0.29, 0.717) is 19.3 Å². The van der Waals surface area contributed by atoms with Crippen LogP contribution in [-0.4, -0.2) is 46.9 Å². The topological polar surface area (TPSA) is 95.9 Å². The molecule has 3 atom stereocenters. The van der Waals surface area contributed by atoms with Crippen LogP contribution in [0, 0.1) is 0 Å². The number of hydrogen-bond acceptors (Lipinski definition) is 5. The van der Waals surface area contributed by atoms with Gasteiger partial charge in [0.05, 0.1) is 25.2 Å². The summed E-state index contributed by atoms with van der Waals surface area (Å²) in [6.45, 7) is 6.37. The number of ether oxygens (including phenoxy) is 1. The highest BCUT2D eigenvalue weighted by atomic mass is 16.5. The summed E-state index contributed by atoms with van der Waals surface area (Å²) in [5, 5.41) is 23.8. The minimum absolute atomic E-state index is 0.0680. The Hall–Kier alpha value is -1.92. The summed E-state index contributed by atoms with van der Waals surface area (Å²) in [5.41, 5.74) is 0. The Morgan fingerprint density at radius 1 is 0.484 bits per heavy atom. The van der Waals surface area contributed by atoms with Gasteiger partial charge in [-0.25, -0.2) is 0 Å². The van der Waals surface area contributed by atoms with Crippen molar-refractivity contribution in [2.75, 3.05) is 6.61 Å². The van der Waals surface area contributed by atoms with Crippen LogP contribution in [0.25, 0.3) is 0 Å². The number of nitrogens with one attached hydrogen (secondary N) is 1. The molecule has 0 heterocycles. The van der Waals surface area contributed by atoms with Gasteiger partial charge in [-0.2, -0.15) is 0 Å². The minimum atomic E-state index is -0.791. The van der Waals surface area contributed by atoms with Gasteiger partial charge in [0.15, 0.2) is 0 Å². The summed E-state index contributed by atoms with van der Waals surface area (Å²) in [6, 6.07) is -0.705. The highest BCUT2D eigenvalue weighted by molar-refractivity contribution is 5.77. The molecule has 6 heteroatoms. The molecular weight excluding hydrogens is 767 g/mol. The summed E-state index contributed by atoms with van der Waals surface area (Å²) in [5.74, 6) is -0.481. The number of carbonyl (C=O) groups excluding carboxylic acids is 2. The lowest BCUT2D eigenvalue weighted by Gasteiger charge is -2.24. The second kappa shape index (κ2) is 50.1. The lowest BCUT2D eigenvalue weighted by molar-refractivity contribution is -0.151. The third-order valence-corrected chi connectivity index (χ3v) is 12.5. The lowest BCUT2D eigenvalue weighted by atomic mass is 10.0. The molecule has 62 heavy (non-hydrogen) atoms. The van der Waals surface area contributed by atoms with E-state index < -0.39 is 18.2 Å². The van der Waals surface area contributed by atoms with Crippen LogP contribution in [-0.2, 0) is 14.3 Å². The highest BCUT2D eigenvalue weighted by Gasteiger charge is 2.24. The molecule has 0 saturated heterocycles. The van der Waals surface area contributed by atoms with E-state index in [0.717, 1.165) is 83.5 Å². The van der Waals surface area contributed by atoms with E-state index in [-0.39, 0.29) is 24.9 Å². The Morgan fingerprint density at radius 2 is 0.871 bits per heavy atom. The van der Waals surface area contributed by atoms with Crippen molar-refractivity contribution in [1.29, 1.82) is 0 Å². The van der Waals surface area contributed by atoms with E-state index >= 15 is 0 Å².